The molecular weight excluding hydrogens is 238 g/mol. The van der Waals surface area contributed by atoms with Gasteiger partial charge in [-0.15, -0.1) is 0 Å². The van der Waals surface area contributed by atoms with Gasteiger partial charge in [0.25, 0.3) is 0 Å². The summed E-state index contributed by atoms with van der Waals surface area (Å²) >= 11 is 0. The SMILES string of the molecule is Cc1ccc(CCCC(=O)N2CCN(N)CC2)cc1. The molecule has 4 heteroatoms. The quantitative estimate of drug-likeness (QED) is 0.832. The molecule has 1 heterocycles. The van der Waals surface area contributed by atoms with E-state index in [1.807, 2.05) is 4.90 Å². The monoisotopic (exact) mass is 261 g/mol. The van der Waals surface area contributed by atoms with Crippen molar-refractivity contribution in [3.8, 4) is 0 Å². The van der Waals surface area contributed by atoms with E-state index in [1.54, 1.807) is 5.01 Å². The van der Waals surface area contributed by atoms with Crippen LogP contribution in [0.1, 0.15) is 24.0 Å². The van der Waals surface area contributed by atoms with E-state index >= 15 is 0 Å². The number of rotatable bonds is 4. The van der Waals surface area contributed by atoms with Crippen LogP contribution >= 0.6 is 0 Å². The number of hydrazine groups is 1. The van der Waals surface area contributed by atoms with Crippen LogP contribution in [0.5, 0.6) is 0 Å². The molecule has 0 spiro atoms. The average molecular weight is 261 g/mol. The summed E-state index contributed by atoms with van der Waals surface area (Å²) in [5.41, 5.74) is 2.59. The van der Waals surface area contributed by atoms with Gasteiger partial charge in [-0.1, -0.05) is 29.8 Å². The minimum atomic E-state index is 0.264. The van der Waals surface area contributed by atoms with Gasteiger partial charge >= 0.3 is 0 Å². The van der Waals surface area contributed by atoms with Gasteiger partial charge in [-0.05, 0) is 25.3 Å². The van der Waals surface area contributed by atoms with Crippen LogP contribution < -0.4 is 5.84 Å². The largest absolute Gasteiger partial charge is 0.340 e. The maximum atomic E-state index is 12.0. The highest BCUT2D eigenvalue weighted by Crippen LogP contribution is 2.09. The van der Waals surface area contributed by atoms with Crippen molar-refractivity contribution in [2.24, 2.45) is 5.84 Å². The van der Waals surface area contributed by atoms with Crippen LogP contribution in [0, 0.1) is 6.92 Å². The first-order chi connectivity index (χ1) is 9.15. The molecule has 1 saturated heterocycles. The third-order valence-corrected chi connectivity index (χ3v) is 3.64. The molecule has 19 heavy (non-hydrogen) atoms. The molecule has 1 aliphatic heterocycles. The first-order valence-corrected chi connectivity index (χ1v) is 6.98. The van der Waals surface area contributed by atoms with Crippen LogP contribution in [-0.2, 0) is 11.2 Å². The molecule has 104 valence electrons. The van der Waals surface area contributed by atoms with E-state index in [-0.39, 0.29) is 5.91 Å². The molecule has 4 nitrogen and oxygen atoms in total. The van der Waals surface area contributed by atoms with Gasteiger partial charge in [0.1, 0.15) is 0 Å². The Balaban J connectivity index is 1.70. The highest BCUT2D eigenvalue weighted by atomic mass is 16.2. The maximum absolute atomic E-state index is 12.0. The molecule has 1 amide bonds. The Labute approximate surface area is 115 Å². The van der Waals surface area contributed by atoms with Gasteiger partial charge in [0.15, 0.2) is 0 Å². The van der Waals surface area contributed by atoms with Crippen molar-refractivity contribution < 1.29 is 4.79 Å². The number of nitrogens with zero attached hydrogens (tertiary/aromatic N) is 2. The molecule has 0 aromatic heterocycles. The van der Waals surface area contributed by atoms with E-state index in [0.717, 1.165) is 39.0 Å². The van der Waals surface area contributed by atoms with Gasteiger partial charge in [0, 0.05) is 32.6 Å². The Morgan fingerprint density at radius 3 is 2.42 bits per heavy atom. The maximum Gasteiger partial charge on any atom is 0.222 e. The summed E-state index contributed by atoms with van der Waals surface area (Å²) in [7, 11) is 0. The zero-order chi connectivity index (χ0) is 13.7. The number of piperazine rings is 1. The number of aryl methyl sites for hydroxylation is 2. The van der Waals surface area contributed by atoms with Gasteiger partial charge in [0.05, 0.1) is 0 Å². The van der Waals surface area contributed by atoms with Crippen molar-refractivity contribution in [2.45, 2.75) is 26.2 Å². The van der Waals surface area contributed by atoms with Crippen molar-refractivity contribution in [3.63, 3.8) is 0 Å². The van der Waals surface area contributed by atoms with Crippen LogP contribution in [0.15, 0.2) is 24.3 Å². The Hall–Kier alpha value is -1.39. The lowest BCUT2D eigenvalue weighted by molar-refractivity contribution is -0.133. The predicted molar refractivity (Wildman–Crippen MR) is 76.5 cm³/mol. The molecule has 2 N–H and O–H groups in total. The van der Waals surface area contributed by atoms with Gasteiger partial charge in [-0.3, -0.25) is 10.6 Å². The van der Waals surface area contributed by atoms with Crippen LogP contribution in [-0.4, -0.2) is 42.0 Å². The summed E-state index contributed by atoms with van der Waals surface area (Å²) in [6.45, 7) is 5.18. The van der Waals surface area contributed by atoms with Gasteiger partial charge in [-0.25, -0.2) is 5.01 Å². The molecule has 1 aromatic rings. The van der Waals surface area contributed by atoms with E-state index < -0.39 is 0 Å². The fourth-order valence-electron chi connectivity index (χ4n) is 2.33. The molecule has 0 aliphatic carbocycles. The number of carbonyl (C=O) groups excluding carboxylic acids is 1. The smallest absolute Gasteiger partial charge is 0.222 e. The highest BCUT2D eigenvalue weighted by Gasteiger charge is 2.18. The summed E-state index contributed by atoms with van der Waals surface area (Å²) in [5, 5.41) is 1.77. The summed E-state index contributed by atoms with van der Waals surface area (Å²) in [6.07, 6.45) is 2.53. The van der Waals surface area contributed by atoms with Crippen LogP contribution in [0.2, 0.25) is 0 Å². The zero-order valence-corrected chi connectivity index (χ0v) is 11.6. The lowest BCUT2D eigenvalue weighted by Crippen LogP contribution is -2.51. The van der Waals surface area contributed by atoms with Gasteiger partial charge in [0.2, 0.25) is 5.91 Å². The second kappa shape index (κ2) is 6.68. The molecule has 0 bridgehead atoms. The summed E-state index contributed by atoms with van der Waals surface area (Å²) in [4.78, 5) is 13.9. The summed E-state index contributed by atoms with van der Waals surface area (Å²) in [6, 6.07) is 8.54. The first kappa shape index (κ1) is 14.0. The average Bonchev–Trinajstić information content (AvgIpc) is 2.41. The number of nitrogens with two attached hydrogens (primary N) is 1. The van der Waals surface area contributed by atoms with E-state index in [2.05, 4.69) is 31.2 Å². The number of carbonyl (C=O) groups is 1. The third-order valence-electron chi connectivity index (χ3n) is 3.64. The van der Waals surface area contributed by atoms with E-state index in [1.165, 1.54) is 11.1 Å². The minimum absolute atomic E-state index is 0.264. The third kappa shape index (κ3) is 4.33. The van der Waals surface area contributed by atoms with Crippen LogP contribution in [0.4, 0.5) is 0 Å². The molecule has 0 radical (unpaired) electrons. The van der Waals surface area contributed by atoms with Gasteiger partial charge in [-0.2, -0.15) is 0 Å². The Morgan fingerprint density at radius 1 is 1.16 bits per heavy atom. The Morgan fingerprint density at radius 2 is 1.79 bits per heavy atom. The molecule has 0 atom stereocenters. The number of hydrogen-bond donors (Lipinski definition) is 1. The standard InChI is InChI=1S/C15H23N3O/c1-13-5-7-14(8-6-13)3-2-4-15(19)17-9-11-18(16)12-10-17/h5-8H,2-4,9-12,16H2,1H3. The fourth-order valence-corrected chi connectivity index (χ4v) is 2.33. The fraction of sp³-hybridized carbons (Fsp3) is 0.533. The molecular formula is C15H23N3O. The van der Waals surface area contributed by atoms with Crippen molar-refractivity contribution >= 4 is 5.91 Å². The van der Waals surface area contributed by atoms with Crippen molar-refractivity contribution in [1.82, 2.24) is 9.91 Å². The molecule has 1 aliphatic rings. The Bertz CT molecular complexity index is 408. The molecule has 1 aromatic carbocycles. The number of amides is 1. The van der Waals surface area contributed by atoms with Gasteiger partial charge < -0.3 is 4.90 Å². The highest BCUT2D eigenvalue weighted by molar-refractivity contribution is 5.76. The summed E-state index contributed by atoms with van der Waals surface area (Å²) in [5.74, 6) is 5.94. The topological polar surface area (TPSA) is 49.6 Å². The number of hydrogen-bond acceptors (Lipinski definition) is 3. The van der Waals surface area contributed by atoms with Crippen molar-refractivity contribution in [1.29, 1.82) is 0 Å². The second-order valence-corrected chi connectivity index (χ2v) is 5.26. The van der Waals surface area contributed by atoms with Crippen LogP contribution in [0.3, 0.4) is 0 Å². The van der Waals surface area contributed by atoms with Crippen molar-refractivity contribution in [3.05, 3.63) is 35.4 Å². The Kier molecular flexibility index (Phi) is 4.93. The lowest BCUT2D eigenvalue weighted by Gasteiger charge is -2.32. The lowest BCUT2D eigenvalue weighted by atomic mass is 10.1. The molecule has 0 saturated carbocycles. The summed E-state index contributed by atoms with van der Waals surface area (Å²) < 4.78 is 0. The normalized spacial score (nSPS) is 16.6. The van der Waals surface area contributed by atoms with E-state index in [4.69, 9.17) is 5.84 Å². The minimum Gasteiger partial charge on any atom is -0.340 e. The van der Waals surface area contributed by atoms with Crippen molar-refractivity contribution in [2.75, 3.05) is 26.2 Å². The molecule has 2 rings (SSSR count). The molecule has 1 fully saturated rings. The zero-order valence-electron chi connectivity index (χ0n) is 11.6. The van der Waals surface area contributed by atoms with E-state index in [0.29, 0.717) is 6.42 Å². The van der Waals surface area contributed by atoms with Crippen LogP contribution in [0.25, 0.3) is 0 Å². The van der Waals surface area contributed by atoms with E-state index in [9.17, 15) is 4.79 Å². The number of benzene rings is 1. The first-order valence-electron chi connectivity index (χ1n) is 6.98. The molecule has 0 unspecified atom stereocenters. The second-order valence-electron chi connectivity index (χ2n) is 5.26. The predicted octanol–water partition coefficient (Wildman–Crippen LogP) is 1.34.